The Morgan fingerprint density at radius 1 is 1.21 bits per heavy atom. The summed E-state index contributed by atoms with van der Waals surface area (Å²) in [5.74, 6) is 0.738. The lowest BCUT2D eigenvalue weighted by molar-refractivity contribution is 0.419. The Bertz CT molecular complexity index is 1640. The van der Waals surface area contributed by atoms with Crippen LogP contribution in [0.1, 0.15) is 18.5 Å². The number of para-hydroxylation sites is 1. The molecule has 1 aliphatic carbocycles. The Labute approximate surface area is 183 Å². The maximum absolute atomic E-state index is 11.5. The highest BCUT2D eigenvalue weighted by atomic mass is 16.5. The third kappa shape index (κ3) is 3.63. The highest BCUT2D eigenvalue weighted by molar-refractivity contribution is 5.65. The van der Waals surface area contributed by atoms with Crippen molar-refractivity contribution in [1.82, 2.24) is 34.7 Å². The average Bonchev–Trinajstić information content (AvgIpc) is 3.17. The molecule has 0 spiro atoms. The largest absolute Gasteiger partial charge is 0.493 e. The number of aromatic nitrogens is 7. The van der Waals surface area contributed by atoms with E-state index < -0.39 is 5.69 Å². The number of aromatic amines is 2. The van der Waals surface area contributed by atoms with Gasteiger partial charge in [0, 0.05) is 11.3 Å². The molecule has 164 valence electrons. The quantitative estimate of drug-likeness (QED) is 0.360. The van der Waals surface area contributed by atoms with E-state index in [2.05, 4.69) is 35.2 Å². The number of benzene rings is 1. The molecule has 1 fully saturated rings. The van der Waals surface area contributed by atoms with Crippen molar-refractivity contribution < 1.29 is 14.4 Å². The Kier molecular flexibility index (Phi) is 4.28. The topological polar surface area (TPSA) is 160 Å². The molecule has 1 aromatic carbocycles. The van der Waals surface area contributed by atoms with E-state index in [1.165, 1.54) is 4.52 Å². The van der Waals surface area contributed by atoms with Crippen LogP contribution in [0.3, 0.4) is 0 Å². The standard InChI is InChI=1S/C21H16N8O4/c30-18-14(25-20(31)27-18)9-11-10-22-29-17(11)26-21(28-19(29)24-12-5-6-12)32-15-4-2-1-3-13(15)16-7-8-23-33-16/h1-4,7-10,12,30H,5-6H2,(H2,25,27,31). The van der Waals surface area contributed by atoms with Crippen molar-refractivity contribution >= 4 is 11.7 Å². The van der Waals surface area contributed by atoms with Crippen LogP contribution in [0.2, 0.25) is 0 Å². The lowest BCUT2D eigenvalue weighted by atomic mass is 10.1. The summed E-state index contributed by atoms with van der Waals surface area (Å²) in [5, 5.41) is 18.5. The third-order valence-corrected chi connectivity index (χ3v) is 5.03. The van der Waals surface area contributed by atoms with E-state index in [0.29, 0.717) is 33.6 Å². The molecular formula is C21H16N8O4. The third-order valence-electron chi connectivity index (χ3n) is 5.03. The number of rotatable bonds is 5. The van der Waals surface area contributed by atoms with Gasteiger partial charge in [0.1, 0.15) is 11.4 Å². The first kappa shape index (κ1) is 19.0. The molecule has 6 rings (SSSR count). The molecule has 1 saturated carbocycles. The fourth-order valence-corrected chi connectivity index (χ4v) is 3.32. The molecule has 33 heavy (non-hydrogen) atoms. The van der Waals surface area contributed by atoms with Crippen LogP contribution in [-0.4, -0.2) is 45.9 Å². The molecule has 0 atom stereocenters. The molecule has 0 bridgehead atoms. The molecule has 0 unspecified atom stereocenters. The predicted molar refractivity (Wildman–Crippen MR) is 113 cm³/mol. The molecule has 12 heteroatoms. The minimum atomic E-state index is -0.526. The van der Waals surface area contributed by atoms with Gasteiger partial charge in [0.05, 0.1) is 24.0 Å². The minimum Gasteiger partial charge on any atom is -0.493 e. The summed E-state index contributed by atoms with van der Waals surface area (Å²) in [6, 6.07) is 9.27. The van der Waals surface area contributed by atoms with Crippen molar-refractivity contribution in [3.63, 3.8) is 0 Å². The van der Waals surface area contributed by atoms with Crippen molar-refractivity contribution in [2.75, 3.05) is 0 Å². The normalized spacial score (nSPS) is 14.9. The van der Waals surface area contributed by atoms with E-state index in [1.807, 2.05) is 18.2 Å². The number of imidazole rings is 1. The summed E-state index contributed by atoms with van der Waals surface area (Å²) in [5.41, 5.74) is 1.11. The van der Waals surface area contributed by atoms with Crippen molar-refractivity contribution in [2.24, 2.45) is 4.99 Å². The first-order valence-electron chi connectivity index (χ1n) is 10.1. The van der Waals surface area contributed by atoms with E-state index in [-0.39, 0.29) is 23.6 Å². The fourth-order valence-electron chi connectivity index (χ4n) is 3.32. The van der Waals surface area contributed by atoms with Gasteiger partial charge in [-0.3, -0.25) is 4.98 Å². The molecule has 12 nitrogen and oxygen atoms in total. The van der Waals surface area contributed by atoms with Gasteiger partial charge >= 0.3 is 11.7 Å². The van der Waals surface area contributed by atoms with Gasteiger partial charge in [-0.25, -0.2) is 9.79 Å². The zero-order chi connectivity index (χ0) is 22.4. The van der Waals surface area contributed by atoms with Crippen LogP contribution in [0.15, 0.2) is 57.0 Å². The van der Waals surface area contributed by atoms with Crippen molar-refractivity contribution in [3.05, 3.63) is 69.7 Å². The molecule has 4 heterocycles. The zero-order valence-corrected chi connectivity index (χ0v) is 17.0. The maximum Gasteiger partial charge on any atom is 0.327 e. The Balaban J connectivity index is 1.51. The molecule has 0 amide bonds. The van der Waals surface area contributed by atoms with Gasteiger partial charge in [0.2, 0.25) is 5.88 Å². The van der Waals surface area contributed by atoms with Gasteiger partial charge < -0.3 is 19.4 Å². The molecular weight excluding hydrogens is 428 g/mol. The van der Waals surface area contributed by atoms with Gasteiger partial charge in [-0.2, -0.15) is 19.6 Å². The SMILES string of the molecule is O=c1[nH]c(O)c(C=c2cnn3c(=NC4CC4)nc(Oc4ccccc4-c4ccno4)nc23)[nH]1. The first-order chi connectivity index (χ1) is 16.1. The van der Waals surface area contributed by atoms with Gasteiger partial charge in [0.25, 0.3) is 5.62 Å². The average molecular weight is 444 g/mol. The Morgan fingerprint density at radius 3 is 2.85 bits per heavy atom. The summed E-state index contributed by atoms with van der Waals surface area (Å²) >= 11 is 0. The first-order valence-corrected chi connectivity index (χ1v) is 10.1. The molecule has 4 aromatic heterocycles. The predicted octanol–water partition coefficient (Wildman–Crippen LogP) is 0.904. The number of H-pyrrole nitrogens is 2. The zero-order valence-electron chi connectivity index (χ0n) is 17.0. The van der Waals surface area contributed by atoms with Gasteiger partial charge in [-0.15, -0.1) is 0 Å². The molecule has 0 saturated heterocycles. The number of aromatic hydroxyl groups is 1. The van der Waals surface area contributed by atoms with Gasteiger partial charge in [0.15, 0.2) is 11.4 Å². The van der Waals surface area contributed by atoms with Crippen LogP contribution in [0.25, 0.3) is 23.0 Å². The summed E-state index contributed by atoms with van der Waals surface area (Å²) < 4.78 is 12.8. The molecule has 0 radical (unpaired) electrons. The van der Waals surface area contributed by atoms with Crippen LogP contribution in [0.4, 0.5) is 0 Å². The number of nitrogens with zero attached hydrogens (tertiary/aromatic N) is 6. The Hall–Kier alpha value is -4.74. The molecule has 5 aromatic rings. The molecule has 0 aliphatic heterocycles. The second kappa shape index (κ2) is 7.44. The van der Waals surface area contributed by atoms with Crippen molar-refractivity contribution in [1.29, 1.82) is 0 Å². The Morgan fingerprint density at radius 2 is 2.09 bits per heavy atom. The number of nitrogens with one attached hydrogen (secondary N) is 2. The second-order valence-electron chi connectivity index (χ2n) is 7.46. The van der Waals surface area contributed by atoms with Gasteiger partial charge in [-0.1, -0.05) is 17.3 Å². The summed E-state index contributed by atoms with van der Waals surface area (Å²) in [7, 11) is 0. The monoisotopic (exact) mass is 444 g/mol. The lowest BCUT2D eigenvalue weighted by Gasteiger charge is -2.08. The lowest BCUT2D eigenvalue weighted by Crippen LogP contribution is -2.23. The highest BCUT2D eigenvalue weighted by Crippen LogP contribution is 2.31. The van der Waals surface area contributed by atoms with E-state index in [4.69, 9.17) is 9.26 Å². The number of hydrogen-bond donors (Lipinski definition) is 3. The van der Waals surface area contributed by atoms with E-state index in [9.17, 15) is 9.90 Å². The van der Waals surface area contributed by atoms with Crippen LogP contribution in [-0.2, 0) is 0 Å². The van der Waals surface area contributed by atoms with Crippen molar-refractivity contribution in [3.8, 4) is 29.0 Å². The van der Waals surface area contributed by atoms with Crippen LogP contribution in [0.5, 0.6) is 17.6 Å². The van der Waals surface area contributed by atoms with Gasteiger partial charge in [-0.05, 0) is 31.1 Å². The van der Waals surface area contributed by atoms with E-state index in [0.717, 1.165) is 12.8 Å². The number of ether oxygens (including phenoxy) is 1. The summed E-state index contributed by atoms with van der Waals surface area (Å²) in [6.07, 6.45) is 6.61. The van der Waals surface area contributed by atoms with Crippen LogP contribution >= 0.6 is 0 Å². The smallest absolute Gasteiger partial charge is 0.327 e. The number of fused-ring (bicyclic) bond motifs is 1. The maximum atomic E-state index is 11.5. The summed E-state index contributed by atoms with van der Waals surface area (Å²) in [4.78, 5) is 29.9. The summed E-state index contributed by atoms with van der Waals surface area (Å²) in [6.45, 7) is 0. The van der Waals surface area contributed by atoms with Crippen LogP contribution in [0, 0.1) is 0 Å². The minimum absolute atomic E-state index is 0.0656. The fraction of sp³-hybridized carbons (Fsp3) is 0.143. The second-order valence-corrected chi connectivity index (χ2v) is 7.46. The highest BCUT2D eigenvalue weighted by Gasteiger charge is 2.21. The number of hydrogen-bond acceptors (Lipinski definition) is 9. The molecule has 1 aliphatic rings. The van der Waals surface area contributed by atoms with E-state index in [1.54, 1.807) is 30.6 Å². The van der Waals surface area contributed by atoms with Crippen LogP contribution < -0.4 is 21.3 Å². The van der Waals surface area contributed by atoms with E-state index >= 15 is 0 Å². The molecule has 3 N–H and O–H groups in total. The van der Waals surface area contributed by atoms with Crippen molar-refractivity contribution in [2.45, 2.75) is 18.9 Å².